The number of nitro benzene ring substituents is 1. The number of benzene rings is 3. The lowest BCUT2D eigenvalue weighted by atomic mass is 9.95. The zero-order valence-corrected chi connectivity index (χ0v) is 18.7. The second-order valence-corrected chi connectivity index (χ2v) is 8.53. The van der Waals surface area contributed by atoms with Crippen molar-refractivity contribution in [2.75, 3.05) is 39.0 Å². The average molecular weight is 442 g/mol. The van der Waals surface area contributed by atoms with E-state index in [1.807, 2.05) is 36.4 Å². The van der Waals surface area contributed by atoms with E-state index in [9.17, 15) is 15.4 Å². The molecular formula is C26H27N5O2. The summed E-state index contributed by atoms with van der Waals surface area (Å²) in [6, 6.07) is 21.0. The van der Waals surface area contributed by atoms with Crippen molar-refractivity contribution in [1.82, 2.24) is 9.80 Å². The number of nitrogens with zero attached hydrogens (tertiary/aromatic N) is 4. The summed E-state index contributed by atoms with van der Waals surface area (Å²) in [5, 5.41) is 21.0. The highest BCUT2D eigenvalue weighted by molar-refractivity contribution is 5.76. The van der Waals surface area contributed by atoms with Crippen molar-refractivity contribution in [3.05, 3.63) is 81.9 Å². The van der Waals surface area contributed by atoms with Crippen LogP contribution in [-0.2, 0) is 6.54 Å². The molecule has 0 radical (unpaired) electrons. The predicted molar refractivity (Wildman–Crippen MR) is 130 cm³/mol. The Balaban J connectivity index is 1.55. The van der Waals surface area contributed by atoms with E-state index in [0.717, 1.165) is 67.0 Å². The van der Waals surface area contributed by atoms with Gasteiger partial charge in [0, 0.05) is 25.7 Å². The van der Waals surface area contributed by atoms with Crippen LogP contribution < -0.4 is 5.73 Å². The molecule has 4 rings (SSSR count). The molecule has 0 spiro atoms. The van der Waals surface area contributed by atoms with E-state index >= 15 is 0 Å². The van der Waals surface area contributed by atoms with Crippen molar-refractivity contribution in [2.24, 2.45) is 0 Å². The molecule has 0 amide bonds. The molecule has 33 heavy (non-hydrogen) atoms. The first-order chi connectivity index (χ1) is 15.9. The van der Waals surface area contributed by atoms with E-state index < -0.39 is 4.92 Å². The van der Waals surface area contributed by atoms with Crippen LogP contribution in [0.5, 0.6) is 0 Å². The van der Waals surface area contributed by atoms with E-state index in [2.05, 4.69) is 29.0 Å². The minimum Gasteiger partial charge on any atom is -0.393 e. The number of likely N-dealkylation sites (N-methyl/N-ethyl adjacent to an activating group) is 1. The van der Waals surface area contributed by atoms with Gasteiger partial charge in [0.05, 0.1) is 16.6 Å². The number of nitrogen functional groups attached to an aromatic ring is 1. The Morgan fingerprint density at radius 1 is 0.970 bits per heavy atom. The van der Waals surface area contributed by atoms with Gasteiger partial charge in [-0.3, -0.25) is 15.0 Å². The quantitative estimate of drug-likeness (QED) is 0.355. The molecule has 0 atom stereocenters. The van der Waals surface area contributed by atoms with Gasteiger partial charge in [0.25, 0.3) is 5.69 Å². The van der Waals surface area contributed by atoms with Gasteiger partial charge in [-0.05, 0) is 66.5 Å². The second-order valence-electron chi connectivity index (χ2n) is 8.53. The molecule has 7 nitrogen and oxygen atoms in total. The fourth-order valence-electron chi connectivity index (χ4n) is 4.27. The van der Waals surface area contributed by atoms with E-state index in [4.69, 9.17) is 5.73 Å². The largest absolute Gasteiger partial charge is 0.393 e. The predicted octanol–water partition coefficient (Wildman–Crippen LogP) is 4.52. The van der Waals surface area contributed by atoms with Gasteiger partial charge in [0.2, 0.25) is 0 Å². The zero-order valence-electron chi connectivity index (χ0n) is 18.7. The van der Waals surface area contributed by atoms with Crippen LogP contribution in [0, 0.1) is 21.4 Å². The summed E-state index contributed by atoms with van der Waals surface area (Å²) in [6.07, 6.45) is 1.16. The SMILES string of the molecule is CN1CCCN(Cc2ccc(-c3ccc(-c4ccc(N)c([N+](=O)[O-])c4)cc3)c(C#N)c2)CC1. The van der Waals surface area contributed by atoms with E-state index in [-0.39, 0.29) is 11.4 Å². The van der Waals surface area contributed by atoms with Crippen LogP contribution in [-0.4, -0.2) is 47.9 Å². The molecule has 1 aliphatic heterocycles. The maximum absolute atomic E-state index is 11.2. The number of hydrogen-bond donors (Lipinski definition) is 1. The summed E-state index contributed by atoms with van der Waals surface area (Å²) < 4.78 is 0. The van der Waals surface area contributed by atoms with Crippen molar-refractivity contribution in [2.45, 2.75) is 13.0 Å². The van der Waals surface area contributed by atoms with E-state index in [0.29, 0.717) is 5.56 Å². The summed E-state index contributed by atoms with van der Waals surface area (Å²) in [6.45, 7) is 5.13. The molecule has 1 heterocycles. The highest BCUT2D eigenvalue weighted by Crippen LogP contribution is 2.31. The first-order valence-corrected chi connectivity index (χ1v) is 11.0. The third-order valence-corrected chi connectivity index (χ3v) is 6.18. The summed E-state index contributed by atoms with van der Waals surface area (Å²) in [7, 11) is 2.16. The number of anilines is 1. The van der Waals surface area contributed by atoms with E-state index in [1.165, 1.54) is 6.07 Å². The Hall–Kier alpha value is -3.73. The molecule has 0 aliphatic carbocycles. The number of nitro groups is 1. The molecule has 0 unspecified atom stereocenters. The summed E-state index contributed by atoms with van der Waals surface area (Å²) in [5.41, 5.74) is 10.9. The summed E-state index contributed by atoms with van der Waals surface area (Å²) in [5.74, 6) is 0. The first kappa shape index (κ1) is 22.5. The van der Waals surface area contributed by atoms with Crippen molar-refractivity contribution >= 4 is 11.4 Å². The van der Waals surface area contributed by atoms with Crippen LogP contribution >= 0.6 is 0 Å². The van der Waals surface area contributed by atoms with Crippen molar-refractivity contribution in [3.8, 4) is 28.3 Å². The molecule has 2 N–H and O–H groups in total. The first-order valence-electron chi connectivity index (χ1n) is 11.0. The van der Waals surface area contributed by atoms with Crippen LogP contribution in [0.15, 0.2) is 60.7 Å². The maximum Gasteiger partial charge on any atom is 0.292 e. The molecule has 1 saturated heterocycles. The molecule has 3 aromatic rings. The van der Waals surface area contributed by atoms with Gasteiger partial charge < -0.3 is 10.6 Å². The standard InChI is InChI=1S/C26H27N5O2/c1-29-11-2-12-30(14-13-29)18-19-3-9-24(23(15-19)17-27)21-6-4-20(5-7-21)22-8-10-25(28)26(16-22)31(32)33/h3-10,15-16H,2,11-14,18,28H2,1H3. The molecule has 1 aliphatic rings. The topological polar surface area (TPSA) is 99.4 Å². The number of nitriles is 1. The van der Waals surface area contributed by atoms with Crippen LogP contribution in [0.3, 0.4) is 0 Å². The Kier molecular flexibility index (Phi) is 6.68. The number of nitrogens with two attached hydrogens (primary N) is 1. The lowest BCUT2D eigenvalue weighted by Gasteiger charge is -2.20. The average Bonchev–Trinajstić information content (AvgIpc) is 3.03. The van der Waals surface area contributed by atoms with Crippen LogP contribution in [0.1, 0.15) is 17.5 Å². The Labute approximate surface area is 193 Å². The Morgan fingerprint density at radius 3 is 2.42 bits per heavy atom. The van der Waals surface area contributed by atoms with Gasteiger partial charge >= 0.3 is 0 Å². The Morgan fingerprint density at radius 2 is 1.70 bits per heavy atom. The lowest BCUT2D eigenvalue weighted by molar-refractivity contribution is -0.383. The second kappa shape index (κ2) is 9.82. The van der Waals surface area contributed by atoms with Crippen LogP contribution in [0.25, 0.3) is 22.3 Å². The van der Waals surface area contributed by atoms with Gasteiger partial charge in [-0.15, -0.1) is 0 Å². The molecule has 0 saturated carbocycles. The fraction of sp³-hybridized carbons (Fsp3) is 0.269. The van der Waals surface area contributed by atoms with Gasteiger partial charge in [-0.1, -0.05) is 42.5 Å². The maximum atomic E-state index is 11.2. The van der Waals surface area contributed by atoms with Crippen molar-refractivity contribution < 1.29 is 4.92 Å². The van der Waals surface area contributed by atoms with Gasteiger partial charge in [0.15, 0.2) is 0 Å². The Bertz CT molecular complexity index is 1200. The van der Waals surface area contributed by atoms with Gasteiger partial charge in [-0.2, -0.15) is 5.26 Å². The molecule has 0 bridgehead atoms. The molecule has 3 aromatic carbocycles. The smallest absolute Gasteiger partial charge is 0.292 e. The number of hydrogen-bond acceptors (Lipinski definition) is 6. The highest BCUT2D eigenvalue weighted by Gasteiger charge is 2.15. The van der Waals surface area contributed by atoms with E-state index in [1.54, 1.807) is 12.1 Å². The molecule has 0 aromatic heterocycles. The lowest BCUT2D eigenvalue weighted by Crippen LogP contribution is -2.28. The highest BCUT2D eigenvalue weighted by atomic mass is 16.6. The van der Waals surface area contributed by atoms with Crippen molar-refractivity contribution in [3.63, 3.8) is 0 Å². The third kappa shape index (κ3) is 5.20. The molecule has 168 valence electrons. The fourth-order valence-corrected chi connectivity index (χ4v) is 4.27. The molecule has 7 heteroatoms. The summed E-state index contributed by atoms with van der Waals surface area (Å²) >= 11 is 0. The van der Waals surface area contributed by atoms with Crippen LogP contribution in [0.4, 0.5) is 11.4 Å². The zero-order chi connectivity index (χ0) is 23.4. The minimum atomic E-state index is -0.474. The summed E-state index contributed by atoms with van der Waals surface area (Å²) in [4.78, 5) is 15.5. The third-order valence-electron chi connectivity index (χ3n) is 6.18. The molecular weight excluding hydrogens is 414 g/mol. The normalized spacial score (nSPS) is 15.0. The van der Waals surface area contributed by atoms with Crippen molar-refractivity contribution in [1.29, 1.82) is 5.26 Å². The molecule has 1 fully saturated rings. The minimum absolute atomic E-state index is 0.102. The van der Waals surface area contributed by atoms with Gasteiger partial charge in [-0.25, -0.2) is 0 Å². The van der Waals surface area contributed by atoms with Crippen LogP contribution in [0.2, 0.25) is 0 Å². The number of rotatable bonds is 5. The monoisotopic (exact) mass is 441 g/mol. The van der Waals surface area contributed by atoms with Gasteiger partial charge in [0.1, 0.15) is 5.69 Å².